The fourth-order valence-corrected chi connectivity index (χ4v) is 2.00. The quantitative estimate of drug-likeness (QED) is 0.874. The molecule has 0 fully saturated rings. The van der Waals surface area contributed by atoms with Gasteiger partial charge in [-0.2, -0.15) is 0 Å². The van der Waals surface area contributed by atoms with Crippen molar-refractivity contribution in [2.75, 3.05) is 0 Å². The van der Waals surface area contributed by atoms with Crippen LogP contribution in [0.25, 0.3) is 10.6 Å². The number of halogens is 2. The molecule has 3 nitrogen and oxygen atoms in total. The number of hydrogen-bond acceptors (Lipinski definition) is 3. The monoisotopic (exact) mass is 240 g/mol. The van der Waals surface area contributed by atoms with Gasteiger partial charge >= 0.3 is 0 Å². The topological polar surface area (TPSA) is 56.0 Å². The number of nitrogens with two attached hydrogens (primary N) is 1. The fourth-order valence-electron chi connectivity index (χ4n) is 1.17. The molecule has 0 atom stereocenters. The molecular formula is C10H6F2N2OS. The molecule has 2 rings (SSSR count). The minimum Gasteiger partial charge on any atom is -0.364 e. The number of carbonyl (C=O) groups is 1. The Balaban J connectivity index is 2.50. The first kappa shape index (κ1) is 10.7. The smallest absolute Gasteiger partial charge is 0.268 e. The lowest BCUT2D eigenvalue weighted by molar-refractivity contribution is 0.0996. The molecule has 0 aliphatic heterocycles. The number of hydrogen-bond donors (Lipinski definition) is 1. The highest BCUT2D eigenvalue weighted by Crippen LogP contribution is 2.26. The lowest BCUT2D eigenvalue weighted by atomic mass is 10.2. The number of thiazole rings is 1. The summed E-state index contributed by atoms with van der Waals surface area (Å²) in [5, 5.41) is 1.63. The molecule has 1 aromatic heterocycles. The van der Waals surface area contributed by atoms with Crippen molar-refractivity contribution in [3.63, 3.8) is 0 Å². The summed E-state index contributed by atoms with van der Waals surface area (Å²) in [7, 11) is 0. The fraction of sp³-hybridized carbons (Fsp3) is 0. The van der Waals surface area contributed by atoms with E-state index in [2.05, 4.69) is 4.98 Å². The first-order valence-corrected chi connectivity index (χ1v) is 5.16. The van der Waals surface area contributed by atoms with Gasteiger partial charge < -0.3 is 5.73 Å². The summed E-state index contributed by atoms with van der Waals surface area (Å²) in [6, 6.07) is 3.05. The molecule has 2 N–H and O–H groups in total. The summed E-state index contributed by atoms with van der Waals surface area (Å²) in [5.41, 5.74) is 5.08. The lowest BCUT2D eigenvalue weighted by Crippen LogP contribution is -2.11. The van der Waals surface area contributed by atoms with Gasteiger partial charge in [-0.1, -0.05) is 0 Å². The number of aromatic nitrogens is 1. The van der Waals surface area contributed by atoms with Crippen molar-refractivity contribution in [2.24, 2.45) is 5.73 Å². The van der Waals surface area contributed by atoms with E-state index in [0.29, 0.717) is 0 Å². The van der Waals surface area contributed by atoms with Gasteiger partial charge in [0.2, 0.25) is 0 Å². The summed E-state index contributed by atoms with van der Waals surface area (Å²) < 4.78 is 26.3. The Morgan fingerprint density at radius 1 is 1.38 bits per heavy atom. The maximum atomic E-state index is 13.3. The van der Waals surface area contributed by atoms with E-state index in [1.807, 2.05) is 0 Å². The second-order valence-corrected chi connectivity index (χ2v) is 3.88. The van der Waals surface area contributed by atoms with Crippen LogP contribution in [-0.2, 0) is 0 Å². The zero-order chi connectivity index (χ0) is 11.7. The van der Waals surface area contributed by atoms with Gasteiger partial charge in [-0.25, -0.2) is 13.8 Å². The minimum absolute atomic E-state index is 0.0255. The highest BCUT2D eigenvalue weighted by atomic mass is 32.1. The third kappa shape index (κ3) is 1.92. The third-order valence-corrected chi connectivity index (χ3v) is 2.79. The van der Waals surface area contributed by atoms with Gasteiger partial charge in [0.1, 0.15) is 22.3 Å². The molecule has 0 unspecified atom stereocenters. The molecule has 2 aromatic rings. The van der Waals surface area contributed by atoms with Crippen molar-refractivity contribution in [1.82, 2.24) is 4.98 Å². The van der Waals surface area contributed by atoms with Gasteiger partial charge in [0.25, 0.3) is 5.91 Å². The number of benzene rings is 1. The molecule has 16 heavy (non-hydrogen) atoms. The van der Waals surface area contributed by atoms with Crippen molar-refractivity contribution in [2.45, 2.75) is 0 Å². The van der Waals surface area contributed by atoms with Crippen molar-refractivity contribution in [3.05, 3.63) is 40.9 Å². The molecule has 0 spiro atoms. The van der Waals surface area contributed by atoms with Gasteiger partial charge in [-0.15, -0.1) is 11.3 Å². The second-order valence-electron chi connectivity index (χ2n) is 3.03. The number of nitrogens with zero attached hydrogens (tertiary/aromatic N) is 1. The number of amides is 1. The van der Waals surface area contributed by atoms with Crippen molar-refractivity contribution in [3.8, 4) is 10.6 Å². The Bertz CT molecular complexity index is 554. The molecule has 1 heterocycles. The van der Waals surface area contributed by atoms with E-state index >= 15 is 0 Å². The Morgan fingerprint density at radius 2 is 2.12 bits per heavy atom. The van der Waals surface area contributed by atoms with Crippen molar-refractivity contribution in [1.29, 1.82) is 0 Å². The molecule has 0 saturated carbocycles. The van der Waals surface area contributed by atoms with Crippen LogP contribution in [0.2, 0.25) is 0 Å². The Kier molecular flexibility index (Phi) is 2.66. The van der Waals surface area contributed by atoms with E-state index in [1.165, 1.54) is 5.38 Å². The summed E-state index contributed by atoms with van der Waals surface area (Å²) in [4.78, 5) is 14.6. The highest BCUT2D eigenvalue weighted by molar-refractivity contribution is 7.13. The molecule has 82 valence electrons. The lowest BCUT2D eigenvalue weighted by Gasteiger charge is -1.98. The molecule has 0 saturated heterocycles. The first-order valence-electron chi connectivity index (χ1n) is 4.28. The van der Waals surface area contributed by atoms with Crippen LogP contribution in [0.5, 0.6) is 0 Å². The van der Waals surface area contributed by atoms with Crippen LogP contribution in [0.3, 0.4) is 0 Å². The molecule has 1 amide bonds. The first-order chi connectivity index (χ1) is 7.58. The van der Waals surface area contributed by atoms with Crippen LogP contribution in [0.1, 0.15) is 10.5 Å². The minimum atomic E-state index is -0.695. The molecule has 0 bridgehead atoms. The van der Waals surface area contributed by atoms with E-state index in [4.69, 9.17) is 5.73 Å². The largest absolute Gasteiger partial charge is 0.364 e. The zero-order valence-corrected chi connectivity index (χ0v) is 8.72. The normalized spacial score (nSPS) is 10.4. The van der Waals surface area contributed by atoms with E-state index in [1.54, 1.807) is 0 Å². The average molecular weight is 240 g/mol. The van der Waals surface area contributed by atoms with Crippen LogP contribution in [0, 0.1) is 11.6 Å². The Morgan fingerprint density at radius 3 is 2.75 bits per heavy atom. The molecule has 0 radical (unpaired) electrons. The SMILES string of the molecule is NC(=O)c1csc(-c2cc(F)ccc2F)n1. The molecular weight excluding hydrogens is 234 g/mol. The molecule has 0 aliphatic carbocycles. The summed E-state index contributed by atoms with van der Waals surface area (Å²) in [5.74, 6) is -1.85. The van der Waals surface area contributed by atoms with Crippen LogP contribution in [0.15, 0.2) is 23.6 Å². The van der Waals surface area contributed by atoms with Gasteiger partial charge in [-0.3, -0.25) is 4.79 Å². The van der Waals surface area contributed by atoms with E-state index < -0.39 is 17.5 Å². The van der Waals surface area contributed by atoms with E-state index in [-0.39, 0.29) is 16.3 Å². The predicted octanol–water partition coefficient (Wildman–Crippen LogP) is 2.19. The highest BCUT2D eigenvalue weighted by Gasteiger charge is 2.12. The van der Waals surface area contributed by atoms with Crippen LogP contribution < -0.4 is 5.73 Å². The molecule has 1 aromatic carbocycles. The number of carbonyl (C=O) groups excluding carboxylic acids is 1. The molecule has 6 heteroatoms. The molecule has 0 aliphatic rings. The van der Waals surface area contributed by atoms with Gasteiger partial charge in [-0.05, 0) is 18.2 Å². The number of primary amides is 1. The second kappa shape index (κ2) is 3.97. The standard InChI is InChI=1S/C10H6F2N2OS/c11-5-1-2-7(12)6(3-5)10-14-8(4-16-10)9(13)15/h1-4H,(H2,13,15). The summed E-state index contributed by atoms with van der Waals surface area (Å²) in [6.45, 7) is 0. The third-order valence-electron chi connectivity index (χ3n) is 1.92. The number of rotatable bonds is 2. The maximum absolute atomic E-state index is 13.3. The van der Waals surface area contributed by atoms with E-state index in [9.17, 15) is 13.6 Å². The Labute approximate surface area is 93.5 Å². The van der Waals surface area contributed by atoms with Gasteiger partial charge in [0, 0.05) is 10.9 Å². The summed E-state index contributed by atoms with van der Waals surface area (Å²) in [6.07, 6.45) is 0. The van der Waals surface area contributed by atoms with Crippen molar-refractivity contribution >= 4 is 17.2 Å². The predicted molar refractivity (Wildman–Crippen MR) is 56.0 cm³/mol. The Hall–Kier alpha value is -1.82. The van der Waals surface area contributed by atoms with Crippen molar-refractivity contribution < 1.29 is 13.6 Å². The zero-order valence-electron chi connectivity index (χ0n) is 7.91. The van der Waals surface area contributed by atoms with Crippen LogP contribution in [-0.4, -0.2) is 10.9 Å². The van der Waals surface area contributed by atoms with Gasteiger partial charge in [0.05, 0.1) is 0 Å². The van der Waals surface area contributed by atoms with Gasteiger partial charge in [0.15, 0.2) is 0 Å². The van der Waals surface area contributed by atoms with E-state index in [0.717, 1.165) is 29.5 Å². The van der Waals surface area contributed by atoms with Crippen LogP contribution >= 0.6 is 11.3 Å². The average Bonchev–Trinajstić information content (AvgIpc) is 2.70. The van der Waals surface area contributed by atoms with Crippen LogP contribution in [0.4, 0.5) is 8.78 Å². The summed E-state index contributed by atoms with van der Waals surface area (Å²) >= 11 is 1.04. The maximum Gasteiger partial charge on any atom is 0.268 e.